The Labute approximate surface area is 157 Å². The summed E-state index contributed by atoms with van der Waals surface area (Å²) >= 11 is 0. The fraction of sp³-hybridized carbons (Fsp3) is 0.273. The van der Waals surface area contributed by atoms with Crippen LogP contribution in [0.2, 0.25) is 0 Å². The third-order valence-electron chi connectivity index (χ3n) is 5.35. The first-order chi connectivity index (χ1) is 13.0. The van der Waals surface area contributed by atoms with Crippen LogP contribution in [0.5, 0.6) is 0 Å². The van der Waals surface area contributed by atoms with E-state index in [-0.39, 0.29) is 11.5 Å². The van der Waals surface area contributed by atoms with Crippen molar-refractivity contribution in [2.24, 2.45) is 5.73 Å². The van der Waals surface area contributed by atoms with Gasteiger partial charge in [-0.2, -0.15) is 0 Å². The minimum atomic E-state index is -0.392. The summed E-state index contributed by atoms with van der Waals surface area (Å²) in [5.41, 5.74) is 10.3. The van der Waals surface area contributed by atoms with Crippen LogP contribution >= 0.6 is 0 Å². The van der Waals surface area contributed by atoms with Crippen molar-refractivity contribution in [3.05, 3.63) is 81.2 Å². The molecule has 5 heteroatoms. The number of primary amides is 1. The van der Waals surface area contributed by atoms with Crippen LogP contribution in [0.3, 0.4) is 0 Å². The number of amides is 1. The van der Waals surface area contributed by atoms with Gasteiger partial charge in [0.25, 0.3) is 0 Å². The fourth-order valence-electron chi connectivity index (χ4n) is 3.87. The molecule has 3 aromatic rings. The Balaban J connectivity index is 1.76. The predicted octanol–water partition coefficient (Wildman–Crippen LogP) is 2.77. The van der Waals surface area contributed by atoms with Crippen molar-refractivity contribution in [1.82, 2.24) is 4.90 Å². The molecular formula is C22H22N2O3. The van der Waals surface area contributed by atoms with Crippen molar-refractivity contribution in [1.29, 1.82) is 0 Å². The van der Waals surface area contributed by atoms with E-state index < -0.39 is 6.04 Å². The predicted molar refractivity (Wildman–Crippen MR) is 104 cm³/mol. The number of nitrogens with two attached hydrogens (primary N) is 1. The number of hydrogen-bond acceptors (Lipinski definition) is 4. The molecule has 0 spiro atoms. The third-order valence-corrected chi connectivity index (χ3v) is 5.35. The number of carbonyl (C=O) groups excluding carboxylic acids is 1. The lowest BCUT2D eigenvalue weighted by atomic mass is 9.93. The highest BCUT2D eigenvalue weighted by Gasteiger charge is 2.30. The van der Waals surface area contributed by atoms with Crippen molar-refractivity contribution in [2.75, 3.05) is 0 Å². The summed E-state index contributed by atoms with van der Waals surface area (Å²) in [6.45, 7) is 3.18. The van der Waals surface area contributed by atoms with Gasteiger partial charge in [0.15, 0.2) is 0 Å². The number of rotatable bonds is 4. The molecule has 27 heavy (non-hydrogen) atoms. The van der Waals surface area contributed by atoms with Gasteiger partial charge in [-0.1, -0.05) is 37.3 Å². The Morgan fingerprint density at radius 2 is 1.96 bits per heavy atom. The lowest BCUT2D eigenvalue weighted by Crippen LogP contribution is -2.48. The smallest absolute Gasteiger partial charge is 0.336 e. The van der Waals surface area contributed by atoms with E-state index in [0.29, 0.717) is 25.1 Å². The van der Waals surface area contributed by atoms with E-state index in [9.17, 15) is 9.59 Å². The summed E-state index contributed by atoms with van der Waals surface area (Å²) in [5, 5.41) is 0.913. The maximum Gasteiger partial charge on any atom is 0.336 e. The zero-order valence-corrected chi connectivity index (χ0v) is 15.3. The maximum atomic E-state index is 12.1. The molecule has 1 atom stereocenters. The van der Waals surface area contributed by atoms with Crippen molar-refractivity contribution in [3.63, 3.8) is 0 Å². The molecule has 138 valence electrons. The summed E-state index contributed by atoms with van der Waals surface area (Å²) in [7, 11) is 0. The summed E-state index contributed by atoms with van der Waals surface area (Å²) in [5.74, 6) is -0.342. The van der Waals surface area contributed by atoms with Crippen LogP contribution in [0.15, 0.2) is 57.7 Å². The molecule has 5 nitrogen and oxygen atoms in total. The number of carbonyl (C=O) groups is 1. The van der Waals surface area contributed by atoms with Crippen LogP contribution < -0.4 is 11.4 Å². The number of nitrogens with zero attached hydrogens (tertiary/aromatic N) is 1. The van der Waals surface area contributed by atoms with Gasteiger partial charge in [-0.3, -0.25) is 9.69 Å². The molecular weight excluding hydrogens is 340 g/mol. The molecule has 2 heterocycles. The molecule has 0 aliphatic carbocycles. The van der Waals surface area contributed by atoms with Crippen LogP contribution in [0.4, 0.5) is 0 Å². The quantitative estimate of drug-likeness (QED) is 0.724. The SMILES string of the molecule is CCc1ccc2oc(=O)cc(CN3Cc4ccccc4C[C@H]3C(N)=O)c2c1. The molecule has 1 amide bonds. The van der Waals surface area contributed by atoms with Gasteiger partial charge in [-0.25, -0.2) is 4.79 Å². The van der Waals surface area contributed by atoms with E-state index in [2.05, 4.69) is 24.0 Å². The first kappa shape index (κ1) is 17.5. The minimum Gasteiger partial charge on any atom is -0.423 e. The standard InChI is InChI=1S/C22H22N2O3/c1-2-14-7-8-20-18(9-14)17(11-21(25)27-20)13-24-12-16-6-4-3-5-15(16)10-19(24)22(23)26/h3-9,11,19H,2,10,12-13H2,1H3,(H2,23,26)/t19-/m0/s1. The van der Waals surface area contributed by atoms with Gasteiger partial charge in [0.05, 0.1) is 6.04 Å². The molecule has 0 fully saturated rings. The number of fused-ring (bicyclic) bond motifs is 2. The Kier molecular flexibility index (Phi) is 4.54. The summed E-state index contributed by atoms with van der Waals surface area (Å²) in [6.07, 6.45) is 1.49. The summed E-state index contributed by atoms with van der Waals surface area (Å²) in [4.78, 5) is 26.2. The number of aryl methyl sites for hydroxylation is 1. The highest BCUT2D eigenvalue weighted by molar-refractivity contribution is 5.82. The zero-order chi connectivity index (χ0) is 19.0. The van der Waals surface area contributed by atoms with Crippen molar-refractivity contribution < 1.29 is 9.21 Å². The summed E-state index contributed by atoms with van der Waals surface area (Å²) < 4.78 is 5.36. The number of hydrogen-bond donors (Lipinski definition) is 1. The van der Waals surface area contributed by atoms with E-state index in [1.165, 1.54) is 17.2 Å². The van der Waals surface area contributed by atoms with Crippen molar-refractivity contribution in [2.45, 2.75) is 38.9 Å². The van der Waals surface area contributed by atoms with E-state index in [1.54, 1.807) is 0 Å². The lowest BCUT2D eigenvalue weighted by molar-refractivity contribution is -0.124. The molecule has 0 unspecified atom stereocenters. The normalized spacial score (nSPS) is 17.0. The van der Waals surface area contributed by atoms with Gasteiger partial charge in [-0.05, 0) is 47.2 Å². The van der Waals surface area contributed by atoms with Crippen LogP contribution in [0, 0.1) is 0 Å². The van der Waals surface area contributed by atoms with Crippen LogP contribution in [0.1, 0.15) is 29.2 Å². The van der Waals surface area contributed by atoms with Gasteiger partial charge in [-0.15, -0.1) is 0 Å². The van der Waals surface area contributed by atoms with Crippen molar-refractivity contribution in [3.8, 4) is 0 Å². The van der Waals surface area contributed by atoms with Crippen LogP contribution in [0.25, 0.3) is 11.0 Å². The molecule has 0 saturated heterocycles. The first-order valence-electron chi connectivity index (χ1n) is 9.21. The second kappa shape index (κ2) is 7.00. The van der Waals surface area contributed by atoms with Gasteiger partial charge < -0.3 is 10.2 Å². The van der Waals surface area contributed by atoms with Gasteiger partial charge >= 0.3 is 5.63 Å². The Bertz CT molecular complexity index is 1070. The highest BCUT2D eigenvalue weighted by atomic mass is 16.4. The molecule has 4 rings (SSSR count). The van der Waals surface area contributed by atoms with Gasteiger partial charge in [0.1, 0.15) is 5.58 Å². The van der Waals surface area contributed by atoms with E-state index in [0.717, 1.165) is 22.9 Å². The zero-order valence-electron chi connectivity index (χ0n) is 15.3. The fourth-order valence-corrected chi connectivity index (χ4v) is 3.87. The van der Waals surface area contributed by atoms with E-state index in [1.807, 2.05) is 30.3 Å². The topological polar surface area (TPSA) is 76.5 Å². The molecule has 2 aromatic carbocycles. The third kappa shape index (κ3) is 3.38. The average molecular weight is 362 g/mol. The second-order valence-corrected chi connectivity index (χ2v) is 7.07. The average Bonchev–Trinajstić information content (AvgIpc) is 2.67. The molecule has 1 aromatic heterocycles. The Morgan fingerprint density at radius 1 is 1.19 bits per heavy atom. The van der Waals surface area contributed by atoms with E-state index >= 15 is 0 Å². The summed E-state index contributed by atoms with van der Waals surface area (Å²) in [6, 6.07) is 15.1. The van der Waals surface area contributed by atoms with Gasteiger partial charge in [0.2, 0.25) is 5.91 Å². The maximum absolute atomic E-state index is 12.1. The Morgan fingerprint density at radius 3 is 2.70 bits per heavy atom. The second-order valence-electron chi connectivity index (χ2n) is 7.07. The van der Waals surface area contributed by atoms with Gasteiger partial charge in [0, 0.05) is 24.5 Å². The monoisotopic (exact) mass is 362 g/mol. The molecule has 1 aliphatic rings. The molecule has 0 saturated carbocycles. The first-order valence-corrected chi connectivity index (χ1v) is 9.21. The van der Waals surface area contributed by atoms with Crippen molar-refractivity contribution >= 4 is 16.9 Å². The number of benzene rings is 2. The minimum absolute atomic E-state index is 0.342. The lowest BCUT2D eigenvalue weighted by Gasteiger charge is -2.35. The molecule has 0 bridgehead atoms. The Hall–Kier alpha value is -2.92. The molecule has 0 radical (unpaired) electrons. The van der Waals surface area contributed by atoms with E-state index in [4.69, 9.17) is 10.2 Å². The highest BCUT2D eigenvalue weighted by Crippen LogP contribution is 2.27. The van der Waals surface area contributed by atoms with Crippen LogP contribution in [-0.4, -0.2) is 16.8 Å². The molecule has 2 N–H and O–H groups in total. The molecule has 1 aliphatic heterocycles. The largest absolute Gasteiger partial charge is 0.423 e. The van der Waals surface area contributed by atoms with Crippen LogP contribution in [-0.2, 0) is 30.7 Å².